The number of benzene rings is 2. The minimum Gasteiger partial charge on any atom is -0.431 e. The van der Waals surface area contributed by atoms with Crippen LogP contribution in [0.5, 0.6) is 10.9 Å². The first kappa shape index (κ1) is 20.4. The van der Waals surface area contributed by atoms with E-state index in [0.29, 0.717) is 39.3 Å². The number of fused-ring (bicyclic) bond motifs is 3. The highest BCUT2D eigenvalue weighted by molar-refractivity contribution is 7.20. The minimum atomic E-state index is -0.268. The van der Waals surface area contributed by atoms with Gasteiger partial charge in [0, 0.05) is 31.6 Å². The van der Waals surface area contributed by atoms with Gasteiger partial charge in [0.1, 0.15) is 11.6 Å². The van der Waals surface area contributed by atoms with Crippen LogP contribution < -0.4 is 10.1 Å². The van der Waals surface area contributed by atoms with E-state index < -0.39 is 0 Å². The predicted molar refractivity (Wildman–Crippen MR) is 120 cm³/mol. The molecule has 2 aliphatic heterocycles. The van der Waals surface area contributed by atoms with E-state index in [9.17, 15) is 9.18 Å². The van der Waals surface area contributed by atoms with E-state index in [1.807, 2.05) is 12.1 Å². The molecule has 31 heavy (non-hydrogen) atoms. The fraction of sp³-hybridized carbons (Fsp3) is 0.417. The van der Waals surface area contributed by atoms with Crippen molar-refractivity contribution < 1.29 is 13.9 Å². The number of carbonyl (C=O) groups excluding carboxylic acids is 1. The number of piperidine rings is 1. The first-order chi connectivity index (χ1) is 15.0. The summed E-state index contributed by atoms with van der Waals surface area (Å²) < 4.78 is 20.2. The van der Waals surface area contributed by atoms with Gasteiger partial charge in [-0.2, -0.15) is 0 Å². The van der Waals surface area contributed by atoms with Gasteiger partial charge in [0.15, 0.2) is 0 Å². The summed E-state index contributed by atoms with van der Waals surface area (Å²) in [4.78, 5) is 18.4. The van der Waals surface area contributed by atoms with Crippen LogP contribution in [0.15, 0.2) is 42.5 Å². The van der Waals surface area contributed by atoms with Gasteiger partial charge in [-0.25, -0.2) is 9.37 Å². The van der Waals surface area contributed by atoms with Gasteiger partial charge < -0.3 is 10.1 Å². The maximum atomic E-state index is 13.9. The summed E-state index contributed by atoms with van der Waals surface area (Å²) in [7, 11) is 0. The maximum absolute atomic E-state index is 13.9. The van der Waals surface area contributed by atoms with Gasteiger partial charge in [-0.05, 0) is 61.9 Å². The average molecular weight is 440 g/mol. The van der Waals surface area contributed by atoms with Crippen molar-refractivity contribution in [2.45, 2.75) is 57.2 Å². The van der Waals surface area contributed by atoms with E-state index in [4.69, 9.17) is 4.74 Å². The zero-order valence-electron chi connectivity index (χ0n) is 17.5. The highest BCUT2D eigenvalue weighted by Gasteiger charge is 2.40. The summed E-state index contributed by atoms with van der Waals surface area (Å²) in [5.74, 6) is 0.519. The van der Waals surface area contributed by atoms with Crippen molar-refractivity contribution in [2.75, 3.05) is 6.54 Å². The molecule has 3 aromatic rings. The van der Waals surface area contributed by atoms with Crippen LogP contribution in [-0.2, 0) is 11.2 Å². The summed E-state index contributed by atoms with van der Waals surface area (Å²) in [6.45, 7) is 2.65. The van der Waals surface area contributed by atoms with Crippen molar-refractivity contribution >= 4 is 27.5 Å². The molecule has 7 heteroatoms. The van der Waals surface area contributed by atoms with Gasteiger partial charge in [-0.1, -0.05) is 29.5 Å². The molecule has 2 saturated heterocycles. The first-order valence-electron chi connectivity index (χ1n) is 10.9. The zero-order valence-corrected chi connectivity index (χ0v) is 18.3. The topological polar surface area (TPSA) is 54.5 Å². The van der Waals surface area contributed by atoms with Gasteiger partial charge in [-0.15, -0.1) is 0 Å². The normalized spacial score (nSPS) is 23.2. The minimum absolute atomic E-state index is 0.0798. The molecule has 0 spiro atoms. The summed E-state index contributed by atoms with van der Waals surface area (Å²) in [6, 6.07) is 14.5. The highest BCUT2D eigenvalue weighted by atomic mass is 32.1. The lowest BCUT2D eigenvalue weighted by Gasteiger charge is -2.39. The summed E-state index contributed by atoms with van der Waals surface area (Å²) in [5, 5.41) is 3.56. The number of hydrogen-bond donors (Lipinski definition) is 1. The highest BCUT2D eigenvalue weighted by Crippen LogP contribution is 2.36. The quantitative estimate of drug-likeness (QED) is 0.593. The van der Waals surface area contributed by atoms with Crippen LogP contribution in [0.4, 0.5) is 4.39 Å². The predicted octanol–water partition coefficient (Wildman–Crippen LogP) is 4.90. The third-order valence-electron chi connectivity index (χ3n) is 6.43. The molecule has 5 nitrogen and oxygen atoms in total. The lowest BCUT2D eigenvalue weighted by Crippen LogP contribution is -2.50. The van der Waals surface area contributed by atoms with Crippen LogP contribution in [0.2, 0.25) is 0 Å². The van der Waals surface area contributed by atoms with Crippen molar-refractivity contribution in [3.05, 3.63) is 53.8 Å². The van der Waals surface area contributed by atoms with Crippen molar-refractivity contribution in [2.24, 2.45) is 0 Å². The van der Waals surface area contributed by atoms with Gasteiger partial charge >= 0.3 is 0 Å². The molecule has 2 aliphatic rings. The molecule has 1 unspecified atom stereocenters. The Bertz CT molecular complexity index is 1070. The Morgan fingerprint density at radius 2 is 1.94 bits per heavy atom. The van der Waals surface area contributed by atoms with Crippen LogP contribution in [-0.4, -0.2) is 40.5 Å². The van der Waals surface area contributed by atoms with E-state index in [0.717, 1.165) is 25.8 Å². The molecule has 1 aromatic heterocycles. The third kappa shape index (κ3) is 4.43. The number of carbonyl (C=O) groups is 1. The SMILES string of the molecule is CC(=O)NC1C[C@H]2CC[C@@H](C1)N2CCc1ccc(Oc2nc3cccc(F)c3s2)cc1. The molecule has 5 rings (SSSR count). The van der Waals surface area contributed by atoms with E-state index in [1.54, 1.807) is 19.1 Å². The molecule has 2 fully saturated rings. The van der Waals surface area contributed by atoms with Crippen LogP contribution >= 0.6 is 11.3 Å². The molecule has 2 aromatic carbocycles. The summed E-state index contributed by atoms with van der Waals surface area (Å²) in [6.07, 6.45) is 5.58. The van der Waals surface area contributed by atoms with Gasteiger partial charge in [0.05, 0.1) is 10.2 Å². The molecule has 2 bridgehead atoms. The molecule has 3 atom stereocenters. The van der Waals surface area contributed by atoms with Crippen LogP contribution in [0.25, 0.3) is 10.2 Å². The second-order valence-electron chi connectivity index (χ2n) is 8.56. The second kappa shape index (κ2) is 8.55. The van der Waals surface area contributed by atoms with Crippen molar-refractivity contribution in [1.29, 1.82) is 0 Å². The molecule has 3 heterocycles. The monoisotopic (exact) mass is 439 g/mol. The maximum Gasteiger partial charge on any atom is 0.279 e. The van der Waals surface area contributed by atoms with Crippen molar-refractivity contribution in [1.82, 2.24) is 15.2 Å². The number of nitrogens with one attached hydrogen (secondary N) is 1. The molecular weight excluding hydrogens is 413 g/mol. The number of aromatic nitrogens is 1. The molecule has 1 N–H and O–H groups in total. The molecule has 162 valence electrons. The number of thiazole rings is 1. The Morgan fingerprint density at radius 3 is 2.61 bits per heavy atom. The number of halogens is 1. The van der Waals surface area contributed by atoms with Crippen molar-refractivity contribution in [3.63, 3.8) is 0 Å². The molecule has 1 amide bonds. The smallest absolute Gasteiger partial charge is 0.279 e. The number of amides is 1. The van der Waals surface area contributed by atoms with Crippen LogP contribution in [0.3, 0.4) is 0 Å². The summed E-state index contributed by atoms with van der Waals surface area (Å²) in [5.41, 5.74) is 1.89. The Hall–Kier alpha value is -2.51. The fourth-order valence-corrected chi connectivity index (χ4v) is 5.91. The van der Waals surface area contributed by atoms with Gasteiger partial charge in [0.25, 0.3) is 5.19 Å². The van der Waals surface area contributed by atoms with Gasteiger partial charge in [-0.3, -0.25) is 9.69 Å². The standard InChI is InChI=1S/C24H26FN3O2S/c1-15(29)26-17-13-18-7-8-19(14-17)28(18)12-11-16-5-9-20(10-6-16)30-24-27-22-4-2-3-21(25)23(22)31-24/h2-6,9-10,17-19H,7-8,11-14H2,1H3,(H,26,29)/t17?,18-,19+. The zero-order chi connectivity index (χ0) is 21.4. The van der Waals surface area contributed by atoms with E-state index in [1.165, 1.54) is 35.8 Å². The van der Waals surface area contributed by atoms with Crippen LogP contribution in [0.1, 0.15) is 38.2 Å². The number of ether oxygens (including phenoxy) is 1. The van der Waals surface area contributed by atoms with Crippen LogP contribution in [0, 0.1) is 5.82 Å². The Labute approximate surface area is 185 Å². The van der Waals surface area contributed by atoms with E-state index in [-0.39, 0.29) is 11.7 Å². The largest absolute Gasteiger partial charge is 0.431 e. The Balaban J connectivity index is 1.17. The average Bonchev–Trinajstić information content (AvgIpc) is 3.25. The van der Waals surface area contributed by atoms with E-state index in [2.05, 4.69) is 27.3 Å². The van der Waals surface area contributed by atoms with E-state index >= 15 is 0 Å². The fourth-order valence-electron chi connectivity index (χ4n) is 5.07. The molecule has 0 aliphatic carbocycles. The molecule has 0 radical (unpaired) electrons. The van der Waals surface area contributed by atoms with Crippen molar-refractivity contribution in [3.8, 4) is 10.9 Å². The Kier molecular flexibility index (Phi) is 5.63. The number of hydrogen-bond acceptors (Lipinski definition) is 5. The van der Waals surface area contributed by atoms with Gasteiger partial charge in [0.2, 0.25) is 5.91 Å². The molecule has 0 saturated carbocycles. The Morgan fingerprint density at radius 1 is 1.19 bits per heavy atom. The lowest BCUT2D eigenvalue weighted by molar-refractivity contribution is -0.120. The molecular formula is C24H26FN3O2S. The summed E-state index contributed by atoms with van der Waals surface area (Å²) >= 11 is 1.22. The number of nitrogens with zero attached hydrogens (tertiary/aromatic N) is 2. The lowest BCUT2D eigenvalue weighted by atomic mass is 9.96. The number of rotatable bonds is 6. The first-order valence-corrected chi connectivity index (χ1v) is 11.7. The third-order valence-corrected chi connectivity index (χ3v) is 7.38. The second-order valence-corrected chi connectivity index (χ2v) is 9.52.